The van der Waals surface area contributed by atoms with Crippen LogP contribution < -0.4 is 0 Å². The molecule has 0 fully saturated rings. The second-order valence-corrected chi connectivity index (χ2v) is 3.78. The van der Waals surface area contributed by atoms with Crippen LogP contribution in [0.2, 0.25) is 0 Å². The van der Waals surface area contributed by atoms with E-state index in [-0.39, 0.29) is 0 Å². The summed E-state index contributed by atoms with van der Waals surface area (Å²) >= 11 is 0. The maximum absolute atomic E-state index is 5.21. The predicted octanol–water partition coefficient (Wildman–Crippen LogP) is 2.50. The van der Waals surface area contributed by atoms with E-state index in [9.17, 15) is 0 Å². The first-order valence-electron chi connectivity index (χ1n) is 5.52. The van der Waals surface area contributed by atoms with E-state index in [1.807, 2.05) is 37.3 Å². The van der Waals surface area contributed by atoms with E-state index in [0.29, 0.717) is 23.2 Å². The normalized spacial score (nSPS) is 10.5. The van der Waals surface area contributed by atoms with Crippen LogP contribution in [0.5, 0.6) is 0 Å². The fourth-order valence-electron chi connectivity index (χ4n) is 1.61. The van der Waals surface area contributed by atoms with E-state index in [2.05, 4.69) is 20.1 Å². The molecule has 0 saturated heterocycles. The molecule has 0 N–H and O–H groups in total. The van der Waals surface area contributed by atoms with Crippen molar-refractivity contribution in [3.63, 3.8) is 0 Å². The van der Waals surface area contributed by atoms with Gasteiger partial charge in [-0.15, -0.1) is 0 Å². The van der Waals surface area contributed by atoms with Gasteiger partial charge in [0.1, 0.15) is 11.5 Å². The summed E-state index contributed by atoms with van der Waals surface area (Å²) < 4.78 is 5.21. The van der Waals surface area contributed by atoms with Gasteiger partial charge >= 0.3 is 0 Å². The van der Waals surface area contributed by atoms with Crippen molar-refractivity contribution in [3.8, 4) is 23.0 Å². The van der Waals surface area contributed by atoms with Crippen molar-refractivity contribution in [2.24, 2.45) is 0 Å². The molecule has 2 aromatic heterocycles. The zero-order chi connectivity index (χ0) is 12.4. The van der Waals surface area contributed by atoms with E-state index in [0.717, 1.165) is 5.56 Å². The highest BCUT2D eigenvalue weighted by molar-refractivity contribution is 5.57. The Bertz CT molecular complexity index is 664. The molecule has 0 bridgehead atoms. The summed E-state index contributed by atoms with van der Waals surface area (Å²) in [5.74, 6) is 1.63. The summed E-state index contributed by atoms with van der Waals surface area (Å²) in [6.45, 7) is 1.82. The van der Waals surface area contributed by atoms with Crippen molar-refractivity contribution in [1.82, 2.24) is 20.1 Å². The monoisotopic (exact) mass is 238 g/mol. The van der Waals surface area contributed by atoms with Gasteiger partial charge in [0.05, 0.1) is 0 Å². The van der Waals surface area contributed by atoms with Gasteiger partial charge < -0.3 is 4.52 Å². The van der Waals surface area contributed by atoms with Crippen molar-refractivity contribution in [3.05, 3.63) is 48.4 Å². The Labute approximate surface area is 104 Å². The van der Waals surface area contributed by atoms with Gasteiger partial charge in [0.15, 0.2) is 0 Å². The minimum atomic E-state index is 0.402. The second-order valence-electron chi connectivity index (χ2n) is 3.78. The fraction of sp³-hybridized carbons (Fsp3) is 0.0769. The topological polar surface area (TPSA) is 64.7 Å². The number of hydrogen-bond donors (Lipinski definition) is 0. The van der Waals surface area contributed by atoms with Gasteiger partial charge in [0.25, 0.3) is 5.89 Å². The van der Waals surface area contributed by atoms with E-state index in [4.69, 9.17) is 4.52 Å². The van der Waals surface area contributed by atoms with Crippen molar-refractivity contribution in [1.29, 1.82) is 0 Å². The Morgan fingerprint density at radius 2 is 1.83 bits per heavy atom. The molecule has 0 unspecified atom stereocenters. The second kappa shape index (κ2) is 4.37. The lowest BCUT2D eigenvalue weighted by Crippen LogP contribution is -1.89. The summed E-state index contributed by atoms with van der Waals surface area (Å²) in [5, 5.41) is 3.95. The van der Waals surface area contributed by atoms with Gasteiger partial charge in [-0.1, -0.05) is 35.5 Å². The standard InChI is InChI=1S/C13H10N4O/c1-9-14-8-7-11(15-9)13-16-12(17-18-13)10-5-3-2-4-6-10/h2-8H,1H3. The van der Waals surface area contributed by atoms with Crippen molar-refractivity contribution in [2.45, 2.75) is 6.92 Å². The number of rotatable bonds is 2. The lowest BCUT2D eigenvalue weighted by Gasteiger charge is -1.93. The highest BCUT2D eigenvalue weighted by Gasteiger charge is 2.11. The first kappa shape index (κ1) is 10.6. The number of benzene rings is 1. The highest BCUT2D eigenvalue weighted by atomic mass is 16.5. The summed E-state index contributed by atoms with van der Waals surface area (Å²) in [5.41, 5.74) is 1.55. The van der Waals surface area contributed by atoms with Gasteiger partial charge in [-0.05, 0) is 13.0 Å². The summed E-state index contributed by atoms with van der Waals surface area (Å²) in [6.07, 6.45) is 1.67. The molecule has 0 spiro atoms. The Morgan fingerprint density at radius 3 is 2.61 bits per heavy atom. The maximum atomic E-state index is 5.21. The van der Waals surface area contributed by atoms with E-state index in [1.165, 1.54) is 0 Å². The van der Waals surface area contributed by atoms with Gasteiger partial charge in [-0.25, -0.2) is 9.97 Å². The Morgan fingerprint density at radius 1 is 1.00 bits per heavy atom. The molecule has 88 valence electrons. The Hall–Kier alpha value is -2.56. The van der Waals surface area contributed by atoms with Crippen molar-refractivity contribution < 1.29 is 4.52 Å². The zero-order valence-electron chi connectivity index (χ0n) is 9.74. The predicted molar refractivity (Wildman–Crippen MR) is 65.5 cm³/mol. The van der Waals surface area contributed by atoms with Crippen LogP contribution in [-0.2, 0) is 0 Å². The Balaban J connectivity index is 2.00. The molecule has 5 heteroatoms. The van der Waals surface area contributed by atoms with Crippen LogP contribution in [0.1, 0.15) is 5.82 Å². The molecule has 0 aliphatic carbocycles. The minimum absolute atomic E-state index is 0.402. The van der Waals surface area contributed by atoms with Crippen LogP contribution >= 0.6 is 0 Å². The summed E-state index contributed by atoms with van der Waals surface area (Å²) in [6, 6.07) is 11.4. The maximum Gasteiger partial charge on any atom is 0.276 e. The van der Waals surface area contributed by atoms with E-state index in [1.54, 1.807) is 12.3 Å². The first-order chi connectivity index (χ1) is 8.83. The number of hydrogen-bond acceptors (Lipinski definition) is 5. The quantitative estimate of drug-likeness (QED) is 0.686. The largest absolute Gasteiger partial charge is 0.332 e. The third-order valence-corrected chi connectivity index (χ3v) is 2.45. The molecule has 0 aliphatic heterocycles. The molecule has 0 aliphatic rings. The average Bonchev–Trinajstić information content (AvgIpc) is 2.89. The van der Waals surface area contributed by atoms with Crippen molar-refractivity contribution in [2.75, 3.05) is 0 Å². The van der Waals surface area contributed by atoms with Crippen LogP contribution in [0, 0.1) is 6.92 Å². The summed E-state index contributed by atoms with van der Waals surface area (Å²) in [7, 11) is 0. The highest BCUT2D eigenvalue weighted by Crippen LogP contribution is 2.20. The molecule has 0 radical (unpaired) electrons. The van der Waals surface area contributed by atoms with E-state index >= 15 is 0 Å². The molecule has 1 aromatic carbocycles. The smallest absolute Gasteiger partial charge is 0.276 e. The van der Waals surface area contributed by atoms with Gasteiger partial charge in [-0.2, -0.15) is 4.98 Å². The van der Waals surface area contributed by atoms with Crippen LogP contribution in [0.3, 0.4) is 0 Å². The molecule has 3 aromatic rings. The lowest BCUT2D eigenvalue weighted by molar-refractivity contribution is 0.431. The number of nitrogens with zero attached hydrogens (tertiary/aromatic N) is 4. The molecule has 0 atom stereocenters. The Kier molecular flexibility index (Phi) is 2.57. The fourth-order valence-corrected chi connectivity index (χ4v) is 1.61. The minimum Gasteiger partial charge on any atom is -0.332 e. The van der Waals surface area contributed by atoms with Gasteiger partial charge in [0, 0.05) is 11.8 Å². The number of aryl methyl sites for hydroxylation is 1. The zero-order valence-corrected chi connectivity index (χ0v) is 9.74. The summed E-state index contributed by atoms with van der Waals surface area (Å²) in [4.78, 5) is 12.6. The third kappa shape index (κ3) is 1.98. The lowest BCUT2D eigenvalue weighted by atomic mass is 10.2. The van der Waals surface area contributed by atoms with E-state index < -0.39 is 0 Å². The van der Waals surface area contributed by atoms with Crippen LogP contribution in [0.4, 0.5) is 0 Å². The molecular weight excluding hydrogens is 228 g/mol. The van der Waals surface area contributed by atoms with Crippen LogP contribution in [-0.4, -0.2) is 20.1 Å². The SMILES string of the molecule is Cc1nccc(-c2nc(-c3ccccc3)no2)n1. The molecule has 0 amide bonds. The molecule has 3 rings (SSSR count). The molecule has 5 nitrogen and oxygen atoms in total. The van der Waals surface area contributed by atoms with Crippen molar-refractivity contribution >= 4 is 0 Å². The van der Waals surface area contributed by atoms with Crippen LogP contribution in [0.25, 0.3) is 23.0 Å². The van der Waals surface area contributed by atoms with Crippen LogP contribution in [0.15, 0.2) is 47.1 Å². The first-order valence-corrected chi connectivity index (χ1v) is 5.52. The molecule has 18 heavy (non-hydrogen) atoms. The van der Waals surface area contributed by atoms with Gasteiger partial charge in [-0.3, -0.25) is 0 Å². The number of aromatic nitrogens is 4. The average molecular weight is 238 g/mol. The third-order valence-electron chi connectivity index (χ3n) is 2.45. The molecule has 0 saturated carbocycles. The molecular formula is C13H10N4O. The molecule has 2 heterocycles. The van der Waals surface area contributed by atoms with Gasteiger partial charge in [0.2, 0.25) is 5.82 Å².